The number of unbranched alkanes of at least 4 members (excludes halogenated alkanes) is 5. The van der Waals surface area contributed by atoms with Gasteiger partial charge in [0.05, 0.1) is 26.0 Å². The van der Waals surface area contributed by atoms with Crippen molar-refractivity contribution in [1.29, 1.82) is 0 Å². The van der Waals surface area contributed by atoms with Crippen molar-refractivity contribution < 1.29 is 4.79 Å². The molecule has 3 aromatic rings. The van der Waals surface area contributed by atoms with Gasteiger partial charge >= 0.3 is 0 Å². The van der Waals surface area contributed by atoms with Crippen molar-refractivity contribution in [2.45, 2.75) is 45.4 Å². The lowest BCUT2D eigenvalue weighted by Gasteiger charge is -2.10. The van der Waals surface area contributed by atoms with Crippen LogP contribution in [0.25, 0.3) is 21.5 Å². The quantitative estimate of drug-likeness (QED) is 0.405. The minimum Gasteiger partial charge on any atom is -0.352 e. The van der Waals surface area contributed by atoms with Gasteiger partial charge in [-0.3, -0.25) is 4.79 Å². The lowest BCUT2D eigenvalue weighted by molar-refractivity contribution is 0.0954. The second-order valence-electron chi connectivity index (χ2n) is 6.70. The summed E-state index contributed by atoms with van der Waals surface area (Å²) >= 11 is 7.54. The van der Waals surface area contributed by atoms with Crippen molar-refractivity contribution in [3.8, 4) is 10.6 Å². The molecule has 1 amide bonds. The van der Waals surface area contributed by atoms with Gasteiger partial charge in [0.1, 0.15) is 0 Å². The van der Waals surface area contributed by atoms with E-state index in [1.54, 1.807) is 0 Å². The number of fused-ring (bicyclic) bond motifs is 1. The van der Waals surface area contributed by atoms with Gasteiger partial charge in [0.2, 0.25) is 0 Å². The molecular formula is C22H25ClN2OS. The monoisotopic (exact) mass is 400 g/mol. The molecule has 2 heterocycles. The van der Waals surface area contributed by atoms with Crippen LogP contribution in [-0.4, -0.2) is 17.4 Å². The first kappa shape index (κ1) is 19.8. The Kier molecular flexibility index (Phi) is 7.25. The highest BCUT2D eigenvalue weighted by atomic mass is 35.5. The maximum absolute atomic E-state index is 12.8. The third-order valence-corrected chi connectivity index (χ3v) is 5.86. The van der Waals surface area contributed by atoms with Crippen LogP contribution in [0.15, 0.2) is 42.5 Å². The summed E-state index contributed by atoms with van der Waals surface area (Å²) in [6, 6.07) is 13.5. The molecule has 0 radical (unpaired) electrons. The molecule has 0 atom stereocenters. The Morgan fingerprint density at radius 1 is 1.07 bits per heavy atom. The number of rotatable bonds is 9. The van der Waals surface area contributed by atoms with E-state index in [2.05, 4.69) is 12.2 Å². The Morgan fingerprint density at radius 2 is 1.85 bits per heavy atom. The molecular weight excluding hydrogens is 376 g/mol. The predicted molar refractivity (Wildman–Crippen MR) is 116 cm³/mol. The lowest BCUT2D eigenvalue weighted by atomic mass is 10.1. The number of aromatic nitrogens is 1. The highest BCUT2D eigenvalue weighted by molar-refractivity contribution is 7.19. The topological polar surface area (TPSA) is 42.0 Å². The van der Waals surface area contributed by atoms with Gasteiger partial charge in [-0.1, -0.05) is 68.8 Å². The molecule has 5 heteroatoms. The van der Waals surface area contributed by atoms with Crippen LogP contribution in [-0.2, 0) is 0 Å². The summed E-state index contributed by atoms with van der Waals surface area (Å²) in [5.41, 5.74) is 2.28. The number of thiophene rings is 1. The number of nitrogens with zero attached hydrogens (tertiary/aromatic N) is 1. The average Bonchev–Trinajstić information content (AvgIpc) is 3.12. The summed E-state index contributed by atoms with van der Waals surface area (Å²) in [5.74, 6) is -0.0361. The molecule has 0 fully saturated rings. The molecule has 0 saturated carbocycles. The molecule has 2 aromatic heterocycles. The summed E-state index contributed by atoms with van der Waals surface area (Å²) in [7, 11) is 0. The summed E-state index contributed by atoms with van der Waals surface area (Å²) < 4.78 is 0.717. The van der Waals surface area contributed by atoms with Gasteiger partial charge in [0, 0.05) is 11.9 Å². The van der Waals surface area contributed by atoms with Crippen LogP contribution in [0.1, 0.15) is 55.8 Å². The normalized spacial score (nSPS) is 11.0. The van der Waals surface area contributed by atoms with Crippen LogP contribution < -0.4 is 5.32 Å². The smallest absolute Gasteiger partial charge is 0.252 e. The van der Waals surface area contributed by atoms with Crippen LogP contribution in [0.2, 0.25) is 4.34 Å². The number of hydrogen-bond donors (Lipinski definition) is 1. The number of carbonyl (C=O) groups excluding carboxylic acids is 1. The molecule has 0 spiro atoms. The van der Waals surface area contributed by atoms with Gasteiger partial charge in [-0.05, 0) is 30.7 Å². The van der Waals surface area contributed by atoms with Crippen LogP contribution in [0.3, 0.4) is 0 Å². The van der Waals surface area contributed by atoms with Gasteiger partial charge < -0.3 is 5.32 Å². The van der Waals surface area contributed by atoms with Crippen LogP contribution in [0.5, 0.6) is 0 Å². The van der Waals surface area contributed by atoms with Crippen molar-refractivity contribution in [2.75, 3.05) is 6.54 Å². The molecule has 3 rings (SSSR count). The Balaban J connectivity index is 1.73. The number of carbonyl (C=O) groups is 1. The number of para-hydroxylation sites is 1. The molecule has 0 saturated heterocycles. The van der Waals surface area contributed by atoms with Crippen molar-refractivity contribution in [1.82, 2.24) is 10.3 Å². The second-order valence-corrected chi connectivity index (χ2v) is 8.41. The minimum atomic E-state index is -0.0361. The van der Waals surface area contributed by atoms with E-state index >= 15 is 0 Å². The summed E-state index contributed by atoms with van der Waals surface area (Å²) in [6.07, 6.45) is 7.26. The van der Waals surface area contributed by atoms with Crippen molar-refractivity contribution >= 4 is 39.7 Å². The fraction of sp³-hybridized carbons (Fsp3) is 0.364. The third kappa shape index (κ3) is 5.30. The molecule has 142 valence electrons. The predicted octanol–water partition coefficient (Wildman–Crippen LogP) is 6.71. The Labute approximate surface area is 169 Å². The zero-order valence-electron chi connectivity index (χ0n) is 15.6. The molecule has 1 N–H and O–H groups in total. The summed E-state index contributed by atoms with van der Waals surface area (Å²) in [5, 5.41) is 3.96. The third-order valence-electron chi connectivity index (χ3n) is 4.60. The van der Waals surface area contributed by atoms with Crippen LogP contribution >= 0.6 is 22.9 Å². The van der Waals surface area contributed by atoms with Gasteiger partial charge in [0.25, 0.3) is 5.91 Å². The molecule has 0 unspecified atom stereocenters. The van der Waals surface area contributed by atoms with Crippen molar-refractivity contribution in [2.24, 2.45) is 0 Å². The molecule has 3 nitrogen and oxygen atoms in total. The maximum atomic E-state index is 12.8. The van der Waals surface area contributed by atoms with E-state index in [4.69, 9.17) is 16.6 Å². The maximum Gasteiger partial charge on any atom is 0.252 e. The molecule has 27 heavy (non-hydrogen) atoms. The fourth-order valence-electron chi connectivity index (χ4n) is 3.14. The summed E-state index contributed by atoms with van der Waals surface area (Å²) in [6.45, 7) is 2.93. The first-order chi connectivity index (χ1) is 13.2. The van der Waals surface area contributed by atoms with E-state index in [1.165, 1.54) is 37.0 Å². The molecule has 1 aromatic carbocycles. The number of hydrogen-bond acceptors (Lipinski definition) is 3. The number of halogens is 1. The fourth-order valence-corrected chi connectivity index (χ4v) is 4.15. The highest BCUT2D eigenvalue weighted by Gasteiger charge is 2.14. The van der Waals surface area contributed by atoms with Crippen LogP contribution in [0.4, 0.5) is 0 Å². The van der Waals surface area contributed by atoms with Crippen molar-refractivity contribution in [3.63, 3.8) is 0 Å². The van der Waals surface area contributed by atoms with Gasteiger partial charge in [0.15, 0.2) is 0 Å². The minimum absolute atomic E-state index is 0.0361. The van der Waals surface area contributed by atoms with E-state index in [0.29, 0.717) is 16.4 Å². The second kappa shape index (κ2) is 9.86. The first-order valence-electron chi connectivity index (χ1n) is 9.62. The number of nitrogens with one attached hydrogen (secondary N) is 1. The highest BCUT2D eigenvalue weighted by Crippen LogP contribution is 2.32. The number of pyridine rings is 1. The number of benzene rings is 1. The molecule has 0 aliphatic rings. The van der Waals surface area contributed by atoms with Gasteiger partial charge in [-0.15, -0.1) is 11.3 Å². The molecule has 0 aliphatic carbocycles. The van der Waals surface area contributed by atoms with E-state index in [0.717, 1.165) is 34.3 Å². The Bertz CT molecular complexity index is 906. The van der Waals surface area contributed by atoms with E-state index in [1.807, 2.05) is 42.5 Å². The molecule has 0 aliphatic heterocycles. The van der Waals surface area contributed by atoms with E-state index in [9.17, 15) is 4.79 Å². The van der Waals surface area contributed by atoms with E-state index in [-0.39, 0.29) is 5.91 Å². The lowest BCUT2D eigenvalue weighted by Crippen LogP contribution is -2.24. The zero-order chi connectivity index (χ0) is 19.1. The van der Waals surface area contributed by atoms with E-state index < -0.39 is 0 Å². The van der Waals surface area contributed by atoms with Crippen LogP contribution in [0, 0.1) is 0 Å². The molecule has 0 bridgehead atoms. The zero-order valence-corrected chi connectivity index (χ0v) is 17.2. The van der Waals surface area contributed by atoms with Gasteiger partial charge in [-0.25, -0.2) is 4.98 Å². The Morgan fingerprint density at radius 3 is 2.63 bits per heavy atom. The standard InChI is InChI=1S/C22H25ClN2OS/c1-2-3-4-5-6-9-14-24-22(26)17-15-19(20-12-13-21(23)27-20)25-18-11-8-7-10-16(17)18/h7-8,10-13,15H,2-6,9,14H2,1H3,(H,24,26). The first-order valence-corrected chi connectivity index (χ1v) is 10.8. The van der Waals surface area contributed by atoms with Crippen molar-refractivity contribution in [3.05, 3.63) is 52.4 Å². The average molecular weight is 401 g/mol. The summed E-state index contributed by atoms with van der Waals surface area (Å²) in [4.78, 5) is 18.5. The number of amides is 1. The van der Waals surface area contributed by atoms with Gasteiger partial charge in [-0.2, -0.15) is 0 Å². The Hall–Kier alpha value is -1.91. The SMILES string of the molecule is CCCCCCCCNC(=O)c1cc(-c2ccc(Cl)s2)nc2ccccc12. The largest absolute Gasteiger partial charge is 0.352 e.